The molecule has 2 aromatic carbocycles. The Bertz CT molecular complexity index is 814. The zero-order valence-corrected chi connectivity index (χ0v) is 15.1. The summed E-state index contributed by atoms with van der Waals surface area (Å²) in [5.41, 5.74) is 6.88. The van der Waals surface area contributed by atoms with Gasteiger partial charge in [-0.2, -0.15) is 0 Å². The number of nitrogens with one attached hydrogen (secondary N) is 2. The van der Waals surface area contributed by atoms with Gasteiger partial charge in [-0.1, -0.05) is 37.5 Å². The first-order chi connectivity index (χ1) is 13.0. The van der Waals surface area contributed by atoms with Crippen molar-refractivity contribution in [3.05, 3.63) is 65.5 Å². The molecular formula is C21H24FN3O2. The van der Waals surface area contributed by atoms with Crippen LogP contribution in [-0.4, -0.2) is 17.4 Å². The largest absolute Gasteiger partial charge is 0.348 e. The molecule has 2 aromatic rings. The molecule has 0 heterocycles. The first kappa shape index (κ1) is 19.0. The third kappa shape index (κ3) is 4.71. The molecule has 0 unspecified atom stereocenters. The van der Waals surface area contributed by atoms with Gasteiger partial charge in [-0.05, 0) is 43.2 Å². The number of hydrogen-bond acceptors (Lipinski definition) is 3. The van der Waals surface area contributed by atoms with Crippen molar-refractivity contribution in [1.29, 1.82) is 0 Å². The zero-order chi connectivity index (χ0) is 19.3. The van der Waals surface area contributed by atoms with Gasteiger partial charge < -0.3 is 16.4 Å². The minimum absolute atomic E-state index is 0.111. The second kappa shape index (κ2) is 8.31. The van der Waals surface area contributed by atoms with Gasteiger partial charge in [-0.15, -0.1) is 0 Å². The minimum atomic E-state index is -0.811. The highest BCUT2D eigenvalue weighted by atomic mass is 19.1. The van der Waals surface area contributed by atoms with Crippen LogP contribution in [0.5, 0.6) is 0 Å². The fourth-order valence-electron chi connectivity index (χ4n) is 3.29. The van der Waals surface area contributed by atoms with Crippen molar-refractivity contribution >= 4 is 17.5 Å². The second-order valence-corrected chi connectivity index (χ2v) is 7.02. The monoisotopic (exact) mass is 369 g/mol. The predicted molar refractivity (Wildman–Crippen MR) is 103 cm³/mol. The second-order valence-electron chi connectivity index (χ2n) is 7.02. The normalized spacial score (nSPS) is 15.8. The van der Waals surface area contributed by atoms with Crippen molar-refractivity contribution in [3.8, 4) is 0 Å². The fraction of sp³-hybridized carbons (Fsp3) is 0.333. The summed E-state index contributed by atoms with van der Waals surface area (Å²) in [6, 6.07) is 12.9. The molecule has 1 fully saturated rings. The van der Waals surface area contributed by atoms with E-state index >= 15 is 0 Å². The van der Waals surface area contributed by atoms with E-state index in [-0.39, 0.29) is 24.2 Å². The van der Waals surface area contributed by atoms with Gasteiger partial charge >= 0.3 is 0 Å². The van der Waals surface area contributed by atoms with Gasteiger partial charge in [0.15, 0.2) is 0 Å². The summed E-state index contributed by atoms with van der Waals surface area (Å²) in [4.78, 5) is 24.7. The SMILES string of the molecule is NC1(C(=O)Nc2ccc(C(=O)NCc3ccccc3F)cc2)CCCCC1. The maximum Gasteiger partial charge on any atom is 0.251 e. The summed E-state index contributed by atoms with van der Waals surface area (Å²) in [7, 11) is 0. The molecule has 1 saturated carbocycles. The van der Waals surface area contributed by atoms with Crippen LogP contribution in [0.3, 0.4) is 0 Å². The summed E-state index contributed by atoms with van der Waals surface area (Å²) < 4.78 is 13.6. The first-order valence-corrected chi connectivity index (χ1v) is 9.20. The lowest BCUT2D eigenvalue weighted by Crippen LogP contribution is -2.52. The van der Waals surface area contributed by atoms with Crippen LogP contribution in [0.2, 0.25) is 0 Å². The van der Waals surface area contributed by atoms with Crippen molar-refractivity contribution in [2.75, 3.05) is 5.32 Å². The van der Waals surface area contributed by atoms with E-state index in [1.807, 2.05) is 0 Å². The Morgan fingerprint density at radius 2 is 1.67 bits per heavy atom. The van der Waals surface area contributed by atoms with Gasteiger partial charge in [-0.3, -0.25) is 9.59 Å². The van der Waals surface area contributed by atoms with Crippen molar-refractivity contribution in [1.82, 2.24) is 5.32 Å². The molecule has 6 heteroatoms. The third-order valence-corrected chi connectivity index (χ3v) is 5.00. The maximum absolute atomic E-state index is 13.6. The standard InChI is InChI=1S/C21H24FN3O2/c22-18-7-3-2-6-16(18)14-24-19(26)15-8-10-17(11-9-15)25-20(27)21(23)12-4-1-5-13-21/h2-3,6-11H,1,4-5,12-14,23H2,(H,24,26)(H,25,27). The third-order valence-electron chi connectivity index (χ3n) is 5.00. The van der Waals surface area contributed by atoms with Crippen molar-refractivity contribution in [3.63, 3.8) is 0 Å². The van der Waals surface area contributed by atoms with Gasteiger partial charge in [0.2, 0.25) is 5.91 Å². The van der Waals surface area contributed by atoms with E-state index in [0.717, 1.165) is 19.3 Å². The van der Waals surface area contributed by atoms with Gasteiger partial charge in [0.25, 0.3) is 5.91 Å². The number of halogens is 1. The van der Waals surface area contributed by atoms with E-state index in [2.05, 4.69) is 10.6 Å². The van der Waals surface area contributed by atoms with Crippen LogP contribution < -0.4 is 16.4 Å². The Kier molecular flexibility index (Phi) is 5.86. The zero-order valence-electron chi connectivity index (χ0n) is 15.1. The van der Waals surface area contributed by atoms with E-state index < -0.39 is 5.54 Å². The summed E-state index contributed by atoms with van der Waals surface area (Å²) in [6.45, 7) is 0.111. The molecule has 4 N–H and O–H groups in total. The summed E-state index contributed by atoms with van der Waals surface area (Å²) in [5, 5.41) is 5.53. The smallest absolute Gasteiger partial charge is 0.251 e. The van der Waals surface area contributed by atoms with Crippen LogP contribution in [-0.2, 0) is 11.3 Å². The molecule has 0 aromatic heterocycles. The molecule has 5 nitrogen and oxygen atoms in total. The topological polar surface area (TPSA) is 84.2 Å². The molecule has 0 bridgehead atoms. The molecule has 0 spiro atoms. The number of hydrogen-bond donors (Lipinski definition) is 3. The van der Waals surface area contributed by atoms with E-state index in [4.69, 9.17) is 5.73 Å². The molecule has 142 valence electrons. The van der Waals surface area contributed by atoms with Crippen LogP contribution in [0.1, 0.15) is 48.0 Å². The Hall–Kier alpha value is -2.73. The van der Waals surface area contributed by atoms with Crippen LogP contribution in [0, 0.1) is 5.82 Å². The predicted octanol–water partition coefficient (Wildman–Crippen LogP) is 3.36. The Labute approximate surface area is 158 Å². The molecular weight excluding hydrogens is 345 g/mol. The van der Waals surface area contributed by atoms with Gasteiger partial charge in [0.05, 0.1) is 5.54 Å². The summed E-state index contributed by atoms with van der Waals surface area (Å²) >= 11 is 0. The van der Waals surface area contributed by atoms with E-state index in [0.29, 0.717) is 29.7 Å². The molecule has 1 aliphatic carbocycles. The quantitative estimate of drug-likeness (QED) is 0.756. The van der Waals surface area contributed by atoms with Crippen molar-refractivity contribution in [2.24, 2.45) is 5.73 Å². The highest BCUT2D eigenvalue weighted by molar-refractivity contribution is 5.99. The Balaban J connectivity index is 1.57. The number of anilines is 1. The molecule has 0 saturated heterocycles. The molecule has 0 radical (unpaired) electrons. The van der Waals surface area contributed by atoms with Gasteiger partial charge in [0.1, 0.15) is 5.82 Å². The molecule has 27 heavy (non-hydrogen) atoms. The highest BCUT2D eigenvalue weighted by Crippen LogP contribution is 2.27. The average Bonchev–Trinajstić information content (AvgIpc) is 2.68. The lowest BCUT2D eigenvalue weighted by Gasteiger charge is -2.31. The fourth-order valence-corrected chi connectivity index (χ4v) is 3.29. The van der Waals surface area contributed by atoms with Crippen molar-refractivity contribution < 1.29 is 14.0 Å². The molecule has 3 rings (SSSR count). The number of carbonyl (C=O) groups excluding carboxylic acids is 2. The van der Waals surface area contributed by atoms with Crippen molar-refractivity contribution in [2.45, 2.75) is 44.2 Å². The molecule has 0 atom stereocenters. The van der Waals surface area contributed by atoms with Crippen LogP contribution in [0.25, 0.3) is 0 Å². The lowest BCUT2D eigenvalue weighted by atomic mass is 9.82. The number of nitrogens with two attached hydrogens (primary N) is 1. The van der Waals surface area contributed by atoms with E-state index in [1.165, 1.54) is 6.07 Å². The van der Waals surface area contributed by atoms with Gasteiger partial charge in [0, 0.05) is 23.4 Å². The van der Waals surface area contributed by atoms with Crippen LogP contribution in [0.4, 0.5) is 10.1 Å². The average molecular weight is 369 g/mol. The van der Waals surface area contributed by atoms with E-state index in [1.54, 1.807) is 42.5 Å². The number of amides is 2. The molecule has 2 amide bonds. The number of rotatable bonds is 5. The summed E-state index contributed by atoms with van der Waals surface area (Å²) in [6.07, 6.45) is 4.42. The lowest BCUT2D eigenvalue weighted by molar-refractivity contribution is -0.122. The highest BCUT2D eigenvalue weighted by Gasteiger charge is 2.35. The Morgan fingerprint density at radius 3 is 2.33 bits per heavy atom. The maximum atomic E-state index is 13.6. The molecule has 1 aliphatic rings. The summed E-state index contributed by atoms with van der Waals surface area (Å²) in [5.74, 6) is -0.841. The Morgan fingerprint density at radius 1 is 1.00 bits per heavy atom. The molecule has 0 aliphatic heterocycles. The minimum Gasteiger partial charge on any atom is -0.348 e. The number of benzene rings is 2. The number of carbonyl (C=O) groups is 2. The van der Waals surface area contributed by atoms with Gasteiger partial charge in [-0.25, -0.2) is 4.39 Å². The first-order valence-electron chi connectivity index (χ1n) is 9.20. The van der Waals surface area contributed by atoms with Crippen LogP contribution in [0.15, 0.2) is 48.5 Å². The van der Waals surface area contributed by atoms with Crippen LogP contribution >= 0.6 is 0 Å². The van der Waals surface area contributed by atoms with E-state index in [9.17, 15) is 14.0 Å².